The number of benzene rings is 1. The highest BCUT2D eigenvalue weighted by molar-refractivity contribution is 5.44. The van der Waals surface area contributed by atoms with Crippen molar-refractivity contribution in [1.29, 1.82) is 5.26 Å². The molecule has 0 saturated carbocycles. The first-order valence-corrected chi connectivity index (χ1v) is 5.15. The molecular formula is C12H15FN2O2. The van der Waals surface area contributed by atoms with Crippen LogP contribution in [0.2, 0.25) is 0 Å². The Hall–Kier alpha value is -1.80. The second-order valence-corrected chi connectivity index (χ2v) is 3.49. The summed E-state index contributed by atoms with van der Waals surface area (Å²) in [5, 5.41) is 11.3. The number of halogens is 1. The predicted molar refractivity (Wildman–Crippen MR) is 61.5 cm³/mol. The van der Waals surface area contributed by atoms with Gasteiger partial charge in [-0.05, 0) is 13.0 Å². The zero-order valence-corrected chi connectivity index (χ0v) is 10.1. The molecule has 0 spiro atoms. The Labute approximate surface area is 100.0 Å². The average molecular weight is 238 g/mol. The van der Waals surface area contributed by atoms with Crippen LogP contribution in [0.15, 0.2) is 12.1 Å². The lowest BCUT2D eigenvalue weighted by molar-refractivity contribution is 0.350. The molecule has 0 heterocycles. The summed E-state index contributed by atoms with van der Waals surface area (Å²) in [5.74, 6) is 0.427. The van der Waals surface area contributed by atoms with Crippen molar-refractivity contribution in [3.63, 3.8) is 0 Å². The number of nitrogens with one attached hydrogen (secondary N) is 1. The van der Waals surface area contributed by atoms with Crippen molar-refractivity contribution in [2.75, 3.05) is 20.8 Å². The Bertz CT molecular complexity index is 429. The first-order valence-electron chi connectivity index (χ1n) is 5.15. The molecule has 1 N–H and O–H groups in total. The third kappa shape index (κ3) is 3.08. The van der Waals surface area contributed by atoms with Crippen LogP contribution in [0.3, 0.4) is 0 Å². The lowest BCUT2D eigenvalue weighted by atomic mass is 10.1. The van der Waals surface area contributed by atoms with E-state index in [0.29, 0.717) is 17.1 Å². The smallest absolute Gasteiger partial charge is 0.163 e. The fourth-order valence-corrected chi connectivity index (χ4v) is 1.51. The SMILES string of the molecule is COc1cc(F)c([C@H](C)NCC#N)cc1OC. The molecule has 1 atom stereocenters. The summed E-state index contributed by atoms with van der Waals surface area (Å²) in [5.41, 5.74) is 0.443. The first kappa shape index (κ1) is 13.3. The van der Waals surface area contributed by atoms with E-state index in [1.54, 1.807) is 13.0 Å². The summed E-state index contributed by atoms with van der Waals surface area (Å²) in [6.07, 6.45) is 0. The topological polar surface area (TPSA) is 54.3 Å². The Balaban J connectivity index is 3.04. The molecule has 0 bridgehead atoms. The van der Waals surface area contributed by atoms with E-state index >= 15 is 0 Å². The van der Waals surface area contributed by atoms with Gasteiger partial charge in [0.2, 0.25) is 0 Å². The van der Waals surface area contributed by atoms with Crippen molar-refractivity contribution >= 4 is 0 Å². The number of nitrogens with zero attached hydrogens (tertiary/aromatic N) is 1. The summed E-state index contributed by atoms with van der Waals surface area (Å²) < 4.78 is 23.9. The van der Waals surface area contributed by atoms with Gasteiger partial charge in [0.15, 0.2) is 11.5 Å². The van der Waals surface area contributed by atoms with E-state index in [0.717, 1.165) is 0 Å². The summed E-state index contributed by atoms with van der Waals surface area (Å²) in [6, 6.07) is 4.53. The standard InChI is InChI=1S/C12H15FN2O2/c1-8(15-5-4-14)9-6-11(16-2)12(17-3)7-10(9)13/h6-8,15H,5H2,1-3H3/t8-/m0/s1. The monoisotopic (exact) mass is 238 g/mol. The number of hydrogen-bond donors (Lipinski definition) is 1. The van der Waals surface area contributed by atoms with Crippen molar-refractivity contribution in [3.8, 4) is 17.6 Å². The van der Waals surface area contributed by atoms with E-state index in [1.165, 1.54) is 20.3 Å². The minimum absolute atomic E-state index is 0.162. The lowest BCUT2D eigenvalue weighted by Crippen LogP contribution is -2.19. The van der Waals surface area contributed by atoms with Gasteiger partial charge in [0.05, 0.1) is 26.8 Å². The average Bonchev–Trinajstić information content (AvgIpc) is 2.35. The maximum absolute atomic E-state index is 13.8. The molecule has 4 nitrogen and oxygen atoms in total. The van der Waals surface area contributed by atoms with Crippen LogP contribution >= 0.6 is 0 Å². The van der Waals surface area contributed by atoms with Gasteiger partial charge in [-0.25, -0.2) is 4.39 Å². The Kier molecular flexibility index (Phi) is 4.73. The molecule has 92 valence electrons. The quantitative estimate of drug-likeness (QED) is 0.797. The molecule has 5 heteroatoms. The van der Waals surface area contributed by atoms with Gasteiger partial charge in [-0.1, -0.05) is 0 Å². The van der Waals surface area contributed by atoms with Gasteiger partial charge >= 0.3 is 0 Å². The fraction of sp³-hybridized carbons (Fsp3) is 0.417. The second-order valence-electron chi connectivity index (χ2n) is 3.49. The largest absolute Gasteiger partial charge is 0.493 e. The van der Waals surface area contributed by atoms with Crippen molar-refractivity contribution in [3.05, 3.63) is 23.5 Å². The maximum Gasteiger partial charge on any atom is 0.163 e. The number of methoxy groups -OCH3 is 2. The second kappa shape index (κ2) is 6.06. The van der Waals surface area contributed by atoms with Gasteiger partial charge in [-0.2, -0.15) is 5.26 Å². The summed E-state index contributed by atoms with van der Waals surface area (Å²) >= 11 is 0. The van der Waals surface area contributed by atoms with Crippen molar-refractivity contribution in [2.45, 2.75) is 13.0 Å². The van der Waals surface area contributed by atoms with Crippen molar-refractivity contribution in [1.82, 2.24) is 5.32 Å². The highest BCUT2D eigenvalue weighted by atomic mass is 19.1. The lowest BCUT2D eigenvalue weighted by Gasteiger charge is -2.16. The van der Waals surface area contributed by atoms with Crippen LogP contribution in [-0.4, -0.2) is 20.8 Å². The van der Waals surface area contributed by atoms with Crippen LogP contribution in [0.1, 0.15) is 18.5 Å². The minimum Gasteiger partial charge on any atom is -0.493 e. The zero-order valence-electron chi connectivity index (χ0n) is 10.1. The maximum atomic E-state index is 13.8. The van der Waals surface area contributed by atoms with Gasteiger partial charge in [-0.15, -0.1) is 0 Å². The Morgan fingerprint density at radius 1 is 1.35 bits per heavy atom. The van der Waals surface area contributed by atoms with Crippen LogP contribution in [-0.2, 0) is 0 Å². The molecule has 0 saturated heterocycles. The van der Waals surface area contributed by atoms with Crippen molar-refractivity contribution in [2.24, 2.45) is 0 Å². The highest BCUT2D eigenvalue weighted by Crippen LogP contribution is 2.32. The van der Waals surface area contributed by atoms with E-state index in [1.807, 2.05) is 6.07 Å². The molecule has 1 rings (SSSR count). The molecule has 0 aliphatic rings. The number of nitriles is 1. The normalized spacial score (nSPS) is 11.7. The summed E-state index contributed by atoms with van der Waals surface area (Å²) in [6.45, 7) is 1.94. The van der Waals surface area contributed by atoms with E-state index in [-0.39, 0.29) is 18.4 Å². The molecular weight excluding hydrogens is 223 g/mol. The fourth-order valence-electron chi connectivity index (χ4n) is 1.51. The van der Waals surface area contributed by atoms with Gasteiger partial charge in [0.1, 0.15) is 5.82 Å². The van der Waals surface area contributed by atoms with Crippen LogP contribution in [0.25, 0.3) is 0 Å². The van der Waals surface area contributed by atoms with Crippen molar-refractivity contribution < 1.29 is 13.9 Å². The van der Waals surface area contributed by atoms with Crippen LogP contribution in [0.5, 0.6) is 11.5 Å². The summed E-state index contributed by atoms with van der Waals surface area (Å²) in [7, 11) is 2.95. The number of ether oxygens (including phenoxy) is 2. The summed E-state index contributed by atoms with van der Waals surface area (Å²) in [4.78, 5) is 0. The number of hydrogen-bond acceptors (Lipinski definition) is 4. The van der Waals surface area contributed by atoms with E-state index in [2.05, 4.69) is 5.32 Å². The molecule has 0 aliphatic carbocycles. The van der Waals surface area contributed by atoms with Crippen LogP contribution in [0, 0.1) is 17.1 Å². The molecule has 0 unspecified atom stereocenters. The Morgan fingerprint density at radius 3 is 2.47 bits per heavy atom. The van der Waals surface area contributed by atoms with E-state index < -0.39 is 0 Å². The predicted octanol–water partition coefficient (Wildman–Crippen LogP) is 2.02. The third-order valence-corrected chi connectivity index (χ3v) is 2.46. The molecule has 0 fully saturated rings. The van der Waals surface area contributed by atoms with Crippen LogP contribution in [0.4, 0.5) is 4.39 Å². The number of rotatable bonds is 5. The molecule has 17 heavy (non-hydrogen) atoms. The highest BCUT2D eigenvalue weighted by Gasteiger charge is 2.15. The zero-order chi connectivity index (χ0) is 12.8. The van der Waals surface area contributed by atoms with E-state index in [4.69, 9.17) is 14.7 Å². The van der Waals surface area contributed by atoms with Crippen LogP contribution < -0.4 is 14.8 Å². The minimum atomic E-state index is -0.388. The third-order valence-electron chi connectivity index (χ3n) is 2.46. The molecule has 0 aliphatic heterocycles. The van der Waals surface area contributed by atoms with Gasteiger partial charge in [0.25, 0.3) is 0 Å². The Morgan fingerprint density at radius 2 is 1.94 bits per heavy atom. The first-order chi connectivity index (χ1) is 8.13. The molecule has 1 aromatic carbocycles. The molecule has 1 aromatic rings. The van der Waals surface area contributed by atoms with E-state index in [9.17, 15) is 4.39 Å². The molecule has 0 amide bonds. The molecule has 0 aromatic heterocycles. The van der Waals surface area contributed by atoms with Gasteiger partial charge in [0, 0.05) is 17.7 Å². The molecule has 0 radical (unpaired) electrons. The van der Waals surface area contributed by atoms with Gasteiger partial charge in [-0.3, -0.25) is 5.32 Å². The van der Waals surface area contributed by atoms with Gasteiger partial charge < -0.3 is 9.47 Å².